The number of carbonyl (C=O) groups is 1. The molecule has 0 N–H and O–H groups in total. The number of benzene rings is 2. The van der Waals surface area contributed by atoms with Crippen molar-refractivity contribution in [3.8, 4) is 5.75 Å². The van der Waals surface area contributed by atoms with Crippen molar-refractivity contribution in [3.05, 3.63) is 64.6 Å². The van der Waals surface area contributed by atoms with Crippen molar-refractivity contribution in [1.29, 1.82) is 0 Å². The van der Waals surface area contributed by atoms with E-state index in [0.717, 1.165) is 15.2 Å². The van der Waals surface area contributed by atoms with Crippen LogP contribution in [0.3, 0.4) is 0 Å². The molecule has 0 fully saturated rings. The molecule has 0 bridgehead atoms. The predicted molar refractivity (Wildman–Crippen MR) is 103 cm³/mol. The summed E-state index contributed by atoms with van der Waals surface area (Å²) in [4.78, 5) is 18.3. The summed E-state index contributed by atoms with van der Waals surface area (Å²) in [7, 11) is 1.74. The van der Waals surface area contributed by atoms with E-state index in [9.17, 15) is 4.79 Å². The van der Waals surface area contributed by atoms with E-state index in [0.29, 0.717) is 23.9 Å². The van der Waals surface area contributed by atoms with Crippen molar-refractivity contribution >= 4 is 45.1 Å². The molecule has 3 rings (SSSR count). The summed E-state index contributed by atoms with van der Waals surface area (Å²) in [5.41, 5.74) is 0.947. The van der Waals surface area contributed by atoms with E-state index >= 15 is 0 Å². The normalized spacial score (nSPS) is 11.1. The van der Waals surface area contributed by atoms with E-state index in [1.54, 1.807) is 41.5 Å². The Morgan fingerprint density at radius 1 is 1.28 bits per heavy atom. The van der Waals surface area contributed by atoms with Gasteiger partial charge in [-0.1, -0.05) is 29.8 Å². The van der Waals surface area contributed by atoms with E-state index in [-0.39, 0.29) is 5.91 Å². The molecule has 4 nitrogen and oxygen atoms in total. The standard InChI is InChI=1S/C19H17ClN2O2S/c1-22(11-12-24-15-6-4-5-14(20)13-15)19(23)10-9-18-21-16-7-2-3-8-17(16)25-18/h2-10,13H,11-12H2,1H3/b10-9+. The predicted octanol–water partition coefficient (Wildman–Crippen LogP) is 4.50. The van der Waals surface area contributed by atoms with Crippen molar-refractivity contribution < 1.29 is 9.53 Å². The minimum atomic E-state index is -0.0889. The monoisotopic (exact) mass is 372 g/mol. The lowest BCUT2D eigenvalue weighted by Gasteiger charge is -2.15. The largest absolute Gasteiger partial charge is 0.492 e. The molecule has 2 aromatic carbocycles. The van der Waals surface area contributed by atoms with Crippen LogP contribution in [-0.2, 0) is 4.79 Å². The number of rotatable bonds is 6. The molecule has 25 heavy (non-hydrogen) atoms. The van der Waals surface area contributed by atoms with Gasteiger partial charge < -0.3 is 9.64 Å². The van der Waals surface area contributed by atoms with Gasteiger partial charge in [0, 0.05) is 18.1 Å². The maximum absolute atomic E-state index is 12.2. The fourth-order valence-corrected chi connectivity index (χ4v) is 3.25. The summed E-state index contributed by atoms with van der Waals surface area (Å²) in [5.74, 6) is 0.604. The number of ether oxygens (including phenoxy) is 1. The molecule has 0 saturated carbocycles. The first kappa shape index (κ1) is 17.5. The van der Waals surface area contributed by atoms with Gasteiger partial charge in [0.1, 0.15) is 17.4 Å². The molecule has 1 amide bonds. The zero-order valence-electron chi connectivity index (χ0n) is 13.7. The van der Waals surface area contributed by atoms with Crippen LogP contribution in [0.25, 0.3) is 16.3 Å². The van der Waals surface area contributed by atoms with Crippen LogP contribution in [0, 0.1) is 0 Å². The first-order chi connectivity index (χ1) is 12.1. The molecule has 0 aliphatic carbocycles. The lowest BCUT2D eigenvalue weighted by atomic mass is 10.3. The molecule has 1 aromatic heterocycles. The molecule has 0 saturated heterocycles. The van der Waals surface area contributed by atoms with Gasteiger partial charge in [0.25, 0.3) is 0 Å². The number of fused-ring (bicyclic) bond motifs is 1. The second-order valence-corrected chi connectivity index (χ2v) is 6.92. The first-order valence-electron chi connectivity index (χ1n) is 7.79. The molecule has 0 aliphatic heterocycles. The highest BCUT2D eigenvalue weighted by atomic mass is 35.5. The third kappa shape index (κ3) is 4.81. The van der Waals surface area contributed by atoms with Crippen LogP contribution in [0.5, 0.6) is 5.75 Å². The van der Waals surface area contributed by atoms with Gasteiger partial charge >= 0.3 is 0 Å². The number of amides is 1. The minimum Gasteiger partial charge on any atom is -0.492 e. The number of hydrogen-bond donors (Lipinski definition) is 0. The Bertz CT molecular complexity index is 874. The Balaban J connectivity index is 1.51. The lowest BCUT2D eigenvalue weighted by Crippen LogP contribution is -2.29. The van der Waals surface area contributed by atoms with Gasteiger partial charge in [-0.25, -0.2) is 4.98 Å². The van der Waals surface area contributed by atoms with Crippen LogP contribution in [0.15, 0.2) is 54.6 Å². The third-order valence-electron chi connectivity index (χ3n) is 3.55. The first-order valence-corrected chi connectivity index (χ1v) is 8.98. The Kier molecular flexibility index (Phi) is 5.68. The van der Waals surface area contributed by atoms with Gasteiger partial charge in [-0.15, -0.1) is 11.3 Å². The van der Waals surface area contributed by atoms with Crippen LogP contribution in [0.4, 0.5) is 0 Å². The van der Waals surface area contributed by atoms with Crippen LogP contribution in [0.2, 0.25) is 5.02 Å². The SMILES string of the molecule is CN(CCOc1cccc(Cl)c1)C(=O)/C=C/c1nc2ccccc2s1. The molecule has 0 spiro atoms. The second kappa shape index (κ2) is 8.14. The van der Waals surface area contributed by atoms with Crippen LogP contribution in [0.1, 0.15) is 5.01 Å². The molecule has 0 aliphatic rings. The van der Waals surface area contributed by atoms with Gasteiger partial charge in [0.15, 0.2) is 0 Å². The van der Waals surface area contributed by atoms with Crippen molar-refractivity contribution in [1.82, 2.24) is 9.88 Å². The van der Waals surface area contributed by atoms with E-state index < -0.39 is 0 Å². The molecule has 6 heteroatoms. The maximum atomic E-state index is 12.2. The van der Waals surface area contributed by atoms with Crippen LogP contribution < -0.4 is 4.74 Å². The van der Waals surface area contributed by atoms with Crippen molar-refractivity contribution in [2.45, 2.75) is 0 Å². The van der Waals surface area contributed by atoms with Gasteiger partial charge in [0.05, 0.1) is 16.8 Å². The maximum Gasteiger partial charge on any atom is 0.246 e. The topological polar surface area (TPSA) is 42.4 Å². The number of para-hydroxylation sites is 1. The number of thiazole rings is 1. The Morgan fingerprint density at radius 2 is 2.12 bits per heavy atom. The van der Waals surface area contributed by atoms with E-state index in [1.165, 1.54) is 6.08 Å². The number of hydrogen-bond acceptors (Lipinski definition) is 4. The van der Waals surface area contributed by atoms with Crippen molar-refractivity contribution in [2.75, 3.05) is 20.2 Å². The smallest absolute Gasteiger partial charge is 0.246 e. The molecule has 0 unspecified atom stereocenters. The van der Waals surface area contributed by atoms with E-state index in [4.69, 9.17) is 16.3 Å². The van der Waals surface area contributed by atoms with Crippen molar-refractivity contribution in [2.24, 2.45) is 0 Å². The highest BCUT2D eigenvalue weighted by molar-refractivity contribution is 7.19. The summed E-state index contributed by atoms with van der Waals surface area (Å²) in [5, 5.41) is 1.44. The Labute approximate surface area is 155 Å². The summed E-state index contributed by atoms with van der Waals surface area (Å²) in [6.07, 6.45) is 3.29. The fourth-order valence-electron chi connectivity index (χ4n) is 2.20. The van der Waals surface area contributed by atoms with Gasteiger partial charge in [-0.2, -0.15) is 0 Å². The fraction of sp³-hybridized carbons (Fsp3) is 0.158. The molecular formula is C19H17ClN2O2S. The van der Waals surface area contributed by atoms with Crippen LogP contribution in [-0.4, -0.2) is 36.0 Å². The zero-order chi connectivity index (χ0) is 17.6. The summed E-state index contributed by atoms with van der Waals surface area (Å²) < 4.78 is 6.71. The number of halogens is 1. The van der Waals surface area contributed by atoms with Crippen LogP contribution >= 0.6 is 22.9 Å². The molecule has 0 atom stereocenters. The Morgan fingerprint density at radius 3 is 2.92 bits per heavy atom. The Hall–Kier alpha value is -2.37. The number of likely N-dealkylation sites (N-methyl/N-ethyl adjacent to an activating group) is 1. The third-order valence-corrected chi connectivity index (χ3v) is 4.78. The second-order valence-electron chi connectivity index (χ2n) is 5.42. The van der Waals surface area contributed by atoms with Gasteiger partial charge in [0.2, 0.25) is 5.91 Å². The average molecular weight is 373 g/mol. The molecule has 1 heterocycles. The highest BCUT2D eigenvalue weighted by Gasteiger charge is 2.06. The number of nitrogens with zero attached hydrogens (tertiary/aromatic N) is 2. The quantitative estimate of drug-likeness (QED) is 0.598. The zero-order valence-corrected chi connectivity index (χ0v) is 15.3. The van der Waals surface area contributed by atoms with Gasteiger partial charge in [-0.05, 0) is 36.4 Å². The molecule has 3 aromatic rings. The minimum absolute atomic E-state index is 0.0889. The number of aromatic nitrogens is 1. The summed E-state index contributed by atoms with van der Waals surface area (Å²) >= 11 is 7.47. The molecular weight excluding hydrogens is 356 g/mol. The van der Waals surface area contributed by atoms with E-state index in [2.05, 4.69) is 4.98 Å². The average Bonchev–Trinajstić information content (AvgIpc) is 3.02. The lowest BCUT2D eigenvalue weighted by molar-refractivity contribution is -0.125. The van der Waals surface area contributed by atoms with Gasteiger partial charge in [-0.3, -0.25) is 4.79 Å². The highest BCUT2D eigenvalue weighted by Crippen LogP contribution is 2.22. The summed E-state index contributed by atoms with van der Waals surface area (Å²) in [6, 6.07) is 15.1. The van der Waals surface area contributed by atoms with Crippen molar-refractivity contribution in [3.63, 3.8) is 0 Å². The molecule has 0 radical (unpaired) electrons. The number of carbonyl (C=O) groups excluding carboxylic acids is 1. The van der Waals surface area contributed by atoms with E-state index in [1.807, 2.05) is 36.4 Å². The summed E-state index contributed by atoms with van der Waals surface area (Å²) in [6.45, 7) is 0.882. The molecule has 128 valence electrons.